The zero-order chi connectivity index (χ0) is 20.4. The Balaban J connectivity index is 1.32. The molecule has 29 heavy (non-hydrogen) atoms. The number of likely N-dealkylation sites (tertiary alicyclic amines) is 1. The average Bonchev–Trinajstić information content (AvgIpc) is 3.32. The van der Waals surface area contributed by atoms with Crippen molar-refractivity contribution >= 4 is 17.8 Å². The van der Waals surface area contributed by atoms with Gasteiger partial charge in [0, 0.05) is 5.56 Å². The Morgan fingerprint density at radius 2 is 1.79 bits per heavy atom. The third-order valence-electron chi connectivity index (χ3n) is 5.66. The topological polar surface area (TPSA) is 103 Å². The van der Waals surface area contributed by atoms with Gasteiger partial charge in [-0.1, -0.05) is 49.2 Å². The summed E-state index contributed by atoms with van der Waals surface area (Å²) in [7, 11) is 0. The molecular formula is C21H23N3O5. The van der Waals surface area contributed by atoms with E-state index in [4.69, 9.17) is 9.26 Å². The van der Waals surface area contributed by atoms with E-state index in [1.807, 2.05) is 24.3 Å². The van der Waals surface area contributed by atoms with E-state index in [9.17, 15) is 14.4 Å². The first-order chi connectivity index (χ1) is 14.1. The molecule has 1 aliphatic carbocycles. The number of carbonyl (C=O) groups excluding carboxylic acids is 3. The molecule has 0 radical (unpaired) electrons. The van der Waals surface area contributed by atoms with Crippen LogP contribution in [0.15, 0.2) is 28.8 Å². The second-order valence-electron chi connectivity index (χ2n) is 7.48. The van der Waals surface area contributed by atoms with Crippen molar-refractivity contribution in [3.8, 4) is 11.4 Å². The summed E-state index contributed by atoms with van der Waals surface area (Å²) in [6.07, 6.45) is 4.26. The highest BCUT2D eigenvalue weighted by Gasteiger charge is 2.48. The highest BCUT2D eigenvalue weighted by molar-refractivity contribution is 6.07. The largest absolute Gasteiger partial charge is 0.454 e. The molecule has 8 heteroatoms. The van der Waals surface area contributed by atoms with Crippen LogP contribution in [0.3, 0.4) is 0 Å². The van der Waals surface area contributed by atoms with Crippen molar-refractivity contribution in [1.29, 1.82) is 0 Å². The maximum atomic E-state index is 12.4. The monoisotopic (exact) mass is 397 g/mol. The second-order valence-corrected chi connectivity index (χ2v) is 7.48. The average molecular weight is 397 g/mol. The van der Waals surface area contributed by atoms with Crippen molar-refractivity contribution in [2.45, 2.75) is 45.6 Å². The third-order valence-corrected chi connectivity index (χ3v) is 5.66. The molecular weight excluding hydrogens is 374 g/mol. The molecule has 1 aromatic heterocycles. The number of amides is 2. The smallest absolute Gasteiger partial charge is 0.326 e. The summed E-state index contributed by atoms with van der Waals surface area (Å²) in [6.45, 7) is 1.50. The van der Waals surface area contributed by atoms with Crippen LogP contribution in [0.5, 0.6) is 0 Å². The van der Waals surface area contributed by atoms with E-state index >= 15 is 0 Å². The molecule has 2 aromatic rings. The fourth-order valence-corrected chi connectivity index (χ4v) is 4.02. The number of fused-ring (bicyclic) bond motifs is 1. The maximum absolute atomic E-state index is 12.4. The van der Waals surface area contributed by atoms with Gasteiger partial charge in [0.05, 0.1) is 11.8 Å². The molecule has 1 saturated heterocycles. The van der Waals surface area contributed by atoms with Gasteiger partial charge in [-0.2, -0.15) is 4.98 Å². The molecule has 2 amide bonds. The molecule has 2 heterocycles. The lowest BCUT2D eigenvalue weighted by Crippen LogP contribution is -2.36. The second kappa shape index (κ2) is 8.14. The summed E-state index contributed by atoms with van der Waals surface area (Å²) in [5, 5.41) is 3.90. The molecule has 2 fully saturated rings. The van der Waals surface area contributed by atoms with Gasteiger partial charge >= 0.3 is 5.97 Å². The molecule has 0 unspecified atom stereocenters. The maximum Gasteiger partial charge on any atom is 0.326 e. The van der Waals surface area contributed by atoms with Crippen molar-refractivity contribution in [3.63, 3.8) is 0 Å². The highest BCUT2D eigenvalue weighted by atomic mass is 16.6. The number of hydrogen-bond donors (Lipinski definition) is 0. The molecule has 8 nitrogen and oxygen atoms in total. The van der Waals surface area contributed by atoms with Gasteiger partial charge < -0.3 is 9.26 Å². The van der Waals surface area contributed by atoms with Crippen molar-refractivity contribution < 1.29 is 23.6 Å². The van der Waals surface area contributed by atoms with E-state index < -0.39 is 5.97 Å². The summed E-state index contributed by atoms with van der Waals surface area (Å²) in [5.74, 6) is -1.17. The van der Waals surface area contributed by atoms with Gasteiger partial charge in [0.1, 0.15) is 6.54 Å². The van der Waals surface area contributed by atoms with Gasteiger partial charge in [0.15, 0.2) is 6.61 Å². The lowest BCUT2D eigenvalue weighted by molar-refractivity contribution is -0.154. The number of hydrogen-bond acceptors (Lipinski definition) is 7. The normalized spacial score (nSPS) is 21.3. The minimum Gasteiger partial charge on any atom is -0.454 e. The van der Waals surface area contributed by atoms with Crippen LogP contribution >= 0.6 is 0 Å². The minimum atomic E-state index is -0.669. The molecule has 1 aliphatic heterocycles. The predicted molar refractivity (Wildman–Crippen MR) is 101 cm³/mol. The van der Waals surface area contributed by atoms with Gasteiger partial charge in [-0.15, -0.1) is 0 Å². The summed E-state index contributed by atoms with van der Waals surface area (Å²) in [6, 6.07) is 7.80. The van der Waals surface area contributed by atoms with E-state index in [2.05, 4.69) is 17.1 Å². The Labute approximate surface area is 168 Å². The van der Waals surface area contributed by atoms with Crippen LogP contribution < -0.4 is 0 Å². The molecule has 4 rings (SSSR count). The highest BCUT2D eigenvalue weighted by Crippen LogP contribution is 2.37. The van der Waals surface area contributed by atoms with Crippen molar-refractivity contribution in [2.24, 2.45) is 11.8 Å². The molecule has 1 aromatic carbocycles. The third kappa shape index (κ3) is 3.92. The zero-order valence-corrected chi connectivity index (χ0v) is 16.3. The first-order valence-corrected chi connectivity index (χ1v) is 9.99. The number of rotatable bonds is 6. The Morgan fingerprint density at radius 3 is 2.41 bits per heavy atom. The first kappa shape index (κ1) is 19.3. The molecule has 2 aliphatic rings. The zero-order valence-electron chi connectivity index (χ0n) is 16.3. The molecule has 152 valence electrons. The van der Waals surface area contributed by atoms with Crippen LogP contribution in [-0.2, 0) is 32.1 Å². The SMILES string of the molecule is CCc1ccc(-c2noc(COC(=O)CN3C(=O)[C@H]4CCCC[C@H]4C3=O)n2)cc1. The summed E-state index contributed by atoms with van der Waals surface area (Å²) >= 11 is 0. The number of ether oxygens (including phenoxy) is 1. The number of carbonyl (C=O) groups is 3. The summed E-state index contributed by atoms with van der Waals surface area (Å²) in [5.41, 5.74) is 2.01. The van der Waals surface area contributed by atoms with Gasteiger partial charge in [-0.25, -0.2) is 0 Å². The van der Waals surface area contributed by atoms with Crippen LogP contribution in [0.1, 0.15) is 44.1 Å². The van der Waals surface area contributed by atoms with E-state index in [0.717, 1.165) is 29.7 Å². The summed E-state index contributed by atoms with van der Waals surface area (Å²) < 4.78 is 10.3. The van der Waals surface area contributed by atoms with Gasteiger partial charge in [0.25, 0.3) is 5.89 Å². The van der Waals surface area contributed by atoms with Crippen LogP contribution in [0, 0.1) is 11.8 Å². The lowest BCUT2D eigenvalue weighted by atomic mass is 9.81. The quantitative estimate of drug-likeness (QED) is 0.545. The lowest BCUT2D eigenvalue weighted by Gasteiger charge is -2.19. The number of aromatic nitrogens is 2. The van der Waals surface area contributed by atoms with Crippen LogP contribution in [-0.4, -0.2) is 39.4 Å². The first-order valence-electron chi connectivity index (χ1n) is 9.99. The predicted octanol–water partition coefficient (Wildman–Crippen LogP) is 2.52. The van der Waals surface area contributed by atoms with Gasteiger partial charge in [-0.3, -0.25) is 19.3 Å². The molecule has 1 saturated carbocycles. The van der Waals surface area contributed by atoms with E-state index in [0.29, 0.717) is 18.7 Å². The Kier molecular flexibility index (Phi) is 5.42. The number of benzene rings is 1. The van der Waals surface area contributed by atoms with E-state index in [1.54, 1.807) is 0 Å². The molecule has 0 bridgehead atoms. The number of nitrogens with zero attached hydrogens (tertiary/aromatic N) is 3. The minimum absolute atomic E-state index is 0.153. The van der Waals surface area contributed by atoms with E-state index in [-0.39, 0.29) is 42.7 Å². The fourth-order valence-electron chi connectivity index (χ4n) is 4.02. The standard InChI is InChI=1S/C21H23N3O5/c1-2-13-7-9-14(10-8-13)19-22-17(29-23-19)12-28-18(25)11-24-20(26)15-5-3-4-6-16(15)21(24)27/h7-10,15-16H,2-6,11-12H2,1H3/t15-,16+. The Hall–Kier alpha value is -3.03. The Morgan fingerprint density at radius 1 is 1.14 bits per heavy atom. The van der Waals surface area contributed by atoms with Gasteiger partial charge in [-0.05, 0) is 24.8 Å². The molecule has 0 spiro atoms. The Bertz CT molecular complexity index is 897. The van der Waals surface area contributed by atoms with Crippen LogP contribution in [0.25, 0.3) is 11.4 Å². The van der Waals surface area contributed by atoms with Crippen molar-refractivity contribution in [3.05, 3.63) is 35.7 Å². The number of esters is 1. The van der Waals surface area contributed by atoms with Crippen LogP contribution in [0.4, 0.5) is 0 Å². The number of aryl methyl sites for hydroxylation is 1. The fraction of sp³-hybridized carbons (Fsp3) is 0.476. The summed E-state index contributed by atoms with van der Waals surface area (Å²) in [4.78, 5) is 42.3. The number of imide groups is 1. The van der Waals surface area contributed by atoms with Crippen LogP contribution in [0.2, 0.25) is 0 Å². The van der Waals surface area contributed by atoms with Crippen molar-refractivity contribution in [1.82, 2.24) is 15.0 Å². The molecule has 0 N–H and O–H groups in total. The van der Waals surface area contributed by atoms with E-state index in [1.165, 1.54) is 5.56 Å². The van der Waals surface area contributed by atoms with Gasteiger partial charge in [0.2, 0.25) is 17.6 Å². The van der Waals surface area contributed by atoms with Crippen molar-refractivity contribution in [2.75, 3.05) is 6.54 Å². The molecule has 2 atom stereocenters.